The molecule has 3 aromatic rings. The lowest BCUT2D eigenvalue weighted by Gasteiger charge is -2.07. The Morgan fingerprint density at radius 3 is 2.83 bits per heavy atom. The molecule has 118 valence electrons. The third-order valence-corrected chi connectivity index (χ3v) is 4.61. The number of hydrogen-bond donors (Lipinski definition) is 1. The van der Waals surface area contributed by atoms with E-state index in [1.165, 1.54) is 22.7 Å². The van der Waals surface area contributed by atoms with Crippen LogP contribution in [-0.4, -0.2) is 27.8 Å². The van der Waals surface area contributed by atoms with Gasteiger partial charge in [-0.15, -0.1) is 11.8 Å². The average Bonchev–Trinajstić information content (AvgIpc) is 3.01. The van der Waals surface area contributed by atoms with E-state index in [1.54, 1.807) is 12.4 Å². The minimum absolute atomic E-state index is 0.0733. The molecule has 4 nitrogen and oxygen atoms in total. The van der Waals surface area contributed by atoms with Crippen LogP contribution in [0.25, 0.3) is 10.9 Å². The first-order valence-corrected chi connectivity index (χ1v) is 8.65. The highest BCUT2D eigenvalue weighted by Crippen LogP contribution is 2.16. The summed E-state index contributed by atoms with van der Waals surface area (Å²) in [5, 5.41) is 4.23. The first-order valence-electron chi connectivity index (χ1n) is 7.66. The zero-order chi connectivity index (χ0) is 15.9. The Bertz CT molecular complexity index is 770. The highest BCUT2D eigenvalue weighted by molar-refractivity contribution is 8.00. The number of aromatic nitrogens is 2. The monoisotopic (exact) mass is 325 g/mol. The van der Waals surface area contributed by atoms with E-state index in [0.29, 0.717) is 12.3 Å². The molecule has 1 N–H and O–H groups in total. The van der Waals surface area contributed by atoms with Crippen LogP contribution in [0.4, 0.5) is 0 Å². The molecule has 0 bridgehead atoms. The van der Waals surface area contributed by atoms with Crippen molar-refractivity contribution in [1.29, 1.82) is 0 Å². The molecule has 1 amide bonds. The van der Waals surface area contributed by atoms with Gasteiger partial charge in [0.2, 0.25) is 5.91 Å². The number of thioether (sulfide) groups is 1. The van der Waals surface area contributed by atoms with E-state index in [-0.39, 0.29) is 5.91 Å². The number of amides is 1. The van der Waals surface area contributed by atoms with Crippen LogP contribution in [0, 0.1) is 0 Å². The van der Waals surface area contributed by atoms with Gasteiger partial charge in [0.05, 0.1) is 5.75 Å². The van der Waals surface area contributed by atoms with Gasteiger partial charge in [0.1, 0.15) is 0 Å². The maximum Gasteiger partial charge on any atom is 0.230 e. The first-order chi connectivity index (χ1) is 11.3. The van der Waals surface area contributed by atoms with Crippen molar-refractivity contribution in [3.8, 4) is 0 Å². The number of benzene rings is 1. The first kappa shape index (κ1) is 15.6. The number of hydrogen-bond acceptors (Lipinski definition) is 3. The number of pyridine rings is 1. The number of carbonyl (C=O) groups excluding carboxylic acids is 1. The van der Waals surface area contributed by atoms with Gasteiger partial charge >= 0.3 is 0 Å². The van der Waals surface area contributed by atoms with Crippen LogP contribution in [0.15, 0.2) is 66.0 Å². The van der Waals surface area contributed by atoms with Crippen molar-refractivity contribution in [3.05, 3.63) is 61.1 Å². The lowest BCUT2D eigenvalue weighted by Crippen LogP contribution is -2.26. The molecule has 1 aromatic carbocycles. The summed E-state index contributed by atoms with van der Waals surface area (Å²) in [5.41, 5.74) is 1.24. The minimum atomic E-state index is 0.0733. The Morgan fingerprint density at radius 2 is 1.96 bits per heavy atom. The number of aryl methyl sites for hydroxylation is 1. The molecular weight excluding hydrogens is 306 g/mol. The Balaban J connectivity index is 1.39. The molecule has 2 aromatic heterocycles. The second kappa shape index (κ2) is 7.83. The molecule has 2 heterocycles. The predicted molar refractivity (Wildman–Crippen MR) is 94.5 cm³/mol. The third-order valence-electron chi connectivity index (χ3n) is 3.60. The maximum atomic E-state index is 11.8. The second-order valence-corrected chi connectivity index (χ2v) is 6.29. The second-order valence-electron chi connectivity index (χ2n) is 5.24. The largest absolute Gasteiger partial charge is 0.355 e. The topological polar surface area (TPSA) is 46.9 Å². The summed E-state index contributed by atoms with van der Waals surface area (Å²) in [6, 6.07) is 14.3. The molecule has 0 spiro atoms. The van der Waals surface area contributed by atoms with Crippen molar-refractivity contribution < 1.29 is 4.79 Å². The van der Waals surface area contributed by atoms with Crippen LogP contribution in [0.5, 0.6) is 0 Å². The lowest BCUT2D eigenvalue weighted by atomic mass is 10.2. The van der Waals surface area contributed by atoms with Crippen molar-refractivity contribution in [1.82, 2.24) is 14.9 Å². The molecule has 5 heteroatoms. The smallest absolute Gasteiger partial charge is 0.230 e. The Hall–Kier alpha value is -2.27. The van der Waals surface area contributed by atoms with E-state index in [4.69, 9.17) is 0 Å². The highest BCUT2D eigenvalue weighted by Gasteiger charge is 2.03. The summed E-state index contributed by atoms with van der Waals surface area (Å²) < 4.78 is 2.23. The Kier molecular flexibility index (Phi) is 5.32. The van der Waals surface area contributed by atoms with Crippen LogP contribution in [0.3, 0.4) is 0 Å². The van der Waals surface area contributed by atoms with Crippen molar-refractivity contribution in [2.24, 2.45) is 0 Å². The van der Waals surface area contributed by atoms with Gasteiger partial charge in [0.25, 0.3) is 0 Å². The van der Waals surface area contributed by atoms with Crippen LogP contribution in [-0.2, 0) is 11.3 Å². The van der Waals surface area contributed by atoms with E-state index in [1.807, 2.05) is 18.2 Å². The van der Waals surface area contributed by atoms with Crippen molar-refractivity contribution in [3.63, 3.8) is 0 Å². The zero-order valence-corrected chi connectivity index (χ0v) is 13.6. The van der Waals surface area contributed by atoms with Crippen LogP contribution < -0.4 is 5.32 Å². The predicted octanol–water partition coefficient (Wildman–Crippen LogP) is 3.33. The summed E-state index contributed by atoms with van der Waals surface area (Å²) in [4.78, 5) is 16.9. The van der Waals surface area contributed by atoms with E-state index < -0.39 is 0 Å². The normalized spacial score (nSPS) is 10.8. The number of fused-ring (bicyclic) bond motifs is 1. The molecule has 0 aliphatic carbocycles. The molecule has 0 unspecified atom stereocenters. The lowest BCUT2D eigenvalue weighted by molar-refractivity contribution is -0.118. The molecule has 3 rings (SSSR count). The molecule has 0 fully saturated rings. The van der Waals surface area contributed by atoms with Gasteiger partial charge in [-0.1, -0.05) is 18.2 Å². The van der Waals surface area contributed by atoms with Crippen molar-refractivity contribution in [2.75, 3.05) is 12.3 Å². The van der Waals surface area contributed by atoms with Gasteiger partial charge in [0.15, 0.2) is 0 Å². The van der Waals surface area contributed by atoms with Gasteiger partial charge < -0.3 is 9.88 Å². The van der Waals surface area contributed by atoms with Gasteiger partial charge in [-0.05, 0) is 36.1 Å². The van der Waals surface area contributed by atoms with Crippen LogP contribution in [0.1, 0.15) is 6.42 Å². The molecule has 0 aliphatic rings. The van der Waals surface area contributed by atoms with Gasteiger partial charge in [0, 0.05) is 42.1 Å². The quantitative estimate of drug-likeness (QED) is 0.535. The summed E-state index contributed by atoms with van der Waals surface area (Å²) in [5.74, 6) is 0.514. The Labute approximate surface area is 139 Å². The molecule has 0 saturated carbocycles. The van der Waals surface area contributed by atoms with Gasteiger partial charge in [-0.3, -0.25) is 9.78 Å². The summed E-state index contributed by atoms with van der Waals surface area (Å²) in [6.07, 6.45) is 6.50. The fraction of sp³-hybridized carbons (Fsp3) is 0.222. The summed E-state index contributed by atoms with van der Waals surface area (Å²) >= 11 is 1.53. The summed E-state index contributed by atoms with van der Waals surface area (Å²) in [6.45, 7) is 1.60. The molecule has 0 saturated heterocycles. The van der Waals surface area contributed by atoms with Crippen LogP contribution in [0.2, 0.25) is 0 Å². The van der Waals surface area contributed by atoms with E-state index in [2.05, 4.69) is 45.3 Å². The maximum absolute atomic E-state index is 11.8. The number of para-hydroxylation sites is 1. The fourth-order valence-corrected chi connectivity index (χ4v) is 3.16. The van der Waals surface area contributed by atoms with Gasteiger partial charge in [-0.2, -0.15) is 0 Å². The molecule has 0 aliphatic heterocycles. The SMILES string of the molecule is O=C(CSc1ccncc1)NCCCn1ccc2ccccc21. The molecular formula is C18H19N3OS. The standard InChI is InChI=1S/C18H19N3OS/c22-18(14-23-16-6-10-19-11-7-16)20-9-3-12-21-13-8-15-4-1-2-5-17(15)21/h1-2,4-8,10-11,13H,3,9,12,14H2,(H,20,22). The highest BCUT2D eigenvalue weighted by atomic mass is 32.2. The number of nitrogens with zero attached hydrogens (tertiary/aromatic N) is 2. The van der Waals surface area contributed by atoms with Gasteiger partial charge in [-0.25, -0.2) is 0 Å². The van der Waals surface area contributed by atoms with E-state index >= 15 is 0 Å². The zero-order valence-electron chi connectivity index (χ0n) is 12.8. The summed E-state index contributed by atoms with van der Waals surface area (Å²) in [7, 11) is 0. The van der Waals surface area contributed by atoms with Crippen LogP contribution >= 0.6 is 11.8 Å². The fourth-order valence-electron chi connectivity index (χ4n) is 2.45. The Morgan fingerprint density at radius 1 is 1.13 bits per heavy atom. The third kappa shape index (κ3) is 4.36. The number of rotatable bonds is 7. The van der Waals surface area contributed by atoms with Crippen molar-refractivity contribution in [2.45, 2.75) is 17.9 Å². The molecule has 23 heavy (non-hydrogen) atoms. The molecule has 0 atom stereocenters. The van der Waals surface area contributed by atoms with E-state index in [9.17, 15) is 4.79 Å². The minimum Gasteiger partial charge on any atom is -0.355 e. The van der Waals surface area contributed by atoms with E-state index in [0.717, 1.165) is 17.9 Å². The average molecular weight is 325 g/mol. The number of nitrogens with one attached hydrogen (secondary N) is 1. The number of carbonyl (C=O) groups is 1. The van der Waals surface area contributed by atoms with Crippen molar-refractivity contribution >= 4 is 28.6 Å². The molecule has 0 radical (unpaired) electrons.